The first-order valence-electron chi connectivity index (χ1n) is 6.91. The number of nitrogens with zero attached hydrogens (tertiary/aromatic N) is 2. The highest BCUT2D eigenvalue weighted by atomic mass is 32.2. The highest BCUT2D eigenvalue weighted by Crippen LogP contribution is 2.36. The molecule has 7 heteroatoms. The standard InChI is InChI=1S/C12H22N2O4S/c1-2-12(11(15)16)6-9-14(10-12)19(17,18)13-7-4-3-5-8-13/h2-10H2,1H3,(H,15,16). The molecule has 0 bridgehead atoms. The van der Waals surface area contributed by atoms with E-state index in [1.807, 2.05) is 6.92 Å². The van der Waals surface area contributed by atoms with Crippen molar-refractivity contribution in [1.82, 2.24) is 8.61 Å². The third kappa shape index (κ3) is 2.64. The van der Waals surface area contributed by atoms with Gasteiger partial charge in [-0.1, -0.05) is 13.3 Å². The average Bonchev–Trinajstić information content (AvgIpc) is 2.86. The van der Waals surface area contributed by atoms with Crippen LogP contribution >= 0.6 is 0 Å². The topological polar surface area (TPSA) is 77.9 Å². The number of carbonyl (C=O) groups is 1. The van der Waals surface area contributed by atoms with Crippen molar-refractivity contribution in [2.45, 2.75) is 39.0 Å². The van der Waals surface area contributed by atoms with Gasteiger partial charge in [-0.05, 0) is 25.7 Å². The Morgan fingerprint density at radius 3 is 2.26 bits per heavy atom. The second-order valence-electron chi connectivity index (χ2n) is 5.49. The lowest BCUT2D eigenvalue weighted by Crippen LogP contribution is -2.46. The van der Waals surface area contributed by atoms with Gasteiger partial charge in [0.15, 0.2) is 0 Å². The number of rotatable bonds is 4. The minimum atomic E-state index is -3.47. The lowest BCUT2D eigenvalue weighted by Gasteiger charge is -2.31. The Morgan fingerprint density at radius 1 is 1.16 bits per heavy atom. The van der Waals surface area contributed by atoms with Crippen LogP contribution in [0, 0.1) is 5.41 Å². The normalized spacial score (nSPS) is 30.6. The molecular formula is C12H22N2O4S. The van der Waals surface area contributed by atoms with Gasteiger partial charge in [-0.15, -0.1) is 0 Å². The van der Waals surface area contributed by atoms with Crippen molar-refractivity contribution in [2.24, 2.45) is 5.41 Å². The predicted molar refractivity (Wildman–Crippen MR) is 70.9 cm³/mol. The van der Waals surface area contributed by atoms with Crippen LogP contribution in [0.5, 0.6) is 0 Å². The van der Waals surface area contributed by atoms with Crippen LogP contribution in [0.1, 0.15) is 39.0 Å². The minimum Gasteiger partial charge on any atom is -0.481 e. The molecule has 1 unspecified atom stereocenters. The highest BCUT2D eigenvalue weighted by Gasteiger charge is 2.48. The summed E-state index contributed by atoms with van der Waals surface area (Å²) in [5, 5.41) is 9.32. The summed E-state index contributed by atoms with van der Waals surface area (Å²) in [5.41, 5.74) is -0.900. The molecule has 0 aromatic heterocycles. The lowest BCUT2D eigenvalue weighted by molar-refractivity contribution is -0.148. The molecule has 2 fully saturated rings. The molecule has 0 aromatic carbocycles. The second-order valence-corrected chi connectivity index (χ2v) is 7.42. The Morgan fingerprint density at radius 2 is 1.79 bits per heavy atom. The molecule has 19 heavy (non-hydrogen) atoms. The van der Waals surface area contributed by atoms with E-state index in [-0.39, 0.29) is 6.54 Å². The van der Waals surface area contributed by atoms with Crippen LogP contribution in [-0.4, -0.2) is 54.3 Å². The first-order valence-corrected chi connectivity index (χ1v) is 8.31. The van der Waals surface area contributed by atoms with Crippen LogP contribution in [0.25, 0.3) is 0 Å². The zero-order valence-corrected chi connectivity index (χ0v) is 12.2. The van der Waals surface area contributed by atoms with Gasteiger partial charge in [0.2, 0.25) is 0 Å². The van der Waals surface area contributed by atoms with E-state index in [1.165, 1.54) is 8.61 Å². The molecule has 1 N–H and O–H groups in total. The quantitative estimate of drug-likeness (QED) is 0.834. The molecule has 2 saturated heterocycles. The number of hydrogen-bond acceptors (Lipinski definition) is 3. The largest absolute Gasteiger partial charge is 0.481 e. The fourth-order valence-corrected chi connectivity index (χ4v) is 4.68. The fraction of sp³-hybridized carbons (Fsp3) is 0.917. The van der Waals surface area contributed by atoms with Gasteiger partial charge in [0.1, 0.15) is 0 Å². The molecular weight excluding hydrogens is 268 g/mol. The SMILES string of the molecule is CCC1(C(=O)O)CCN(S(=O)(=O)N2CCCCC2)C1. The molecule has 0 saturated carbocycles. The van der Waals surface area contributed by atoms with Crippen LogP contribution < -0.4 is 0 Å². The Balaban J connectivity index is 2.13. The zero-order chi connectivity index (χ0) is 14.1. The number of carboxylic acids is 1. The van der Waals surface area contributed by atoms with Gasteiger partial charge in [0.25, 0.3) is 10.2 Å². The van der Waals surface area contributed by atoms with Gasteiger partial charge in [0, 0.05) is 26.2 Å². The summed E-state index contributed by atoms with van der Waals surface area (Å²) in [4.78, 5) is 11.4. The van der Waals surface area contributed by atoms with Gasteiger partial charge in [-0.25, -0.2) is 0 Å². The van der Waals surface area contributed by atoms with Gasteiger partial charge >= 0.3 is 5.97 Å². The molecule has 0 radical (unpaired) electrons. The van der Waals surface area contributed by atoms with E-state index < -0.39 is 21.6 Å². The maximum absolute atomic E-state index is 12.5. The first kappa shape index (κ1) is 14.7. The third-order valence-electron chi connectivity index (χ3n) is 4.42. The summed E-state index contributed by atoms with van der Waals surface area (Å²) >= 11 is 0. The van der Waals surface area contributed by atoms with Gasteiger partial charge < -0.3 is 5.11 Å². The van der Waals surface area contributed by atoms with Crippen molar-refractivity contribution in [3.63, 3.8) is 0 Å². The van der Waals surface area contributed by atoms with Crippen LogP contribution in [0.15, 0.2) is 0 Å². The van der Waals surface area contributed by atoms with Crippen molar-refractivity contribution >= 4 is 16.2 Å². The van der Waals surface area contributed by atoms with Crippen LogP contribution in [-0.2, 0) is 15.0 Å². The molecule has 110 valence electrons. The maximum Gasteiger partial charge on any atom is 0.311 e. The Labute approximate surface area is 114 Å². The monoisotopic (exact) mass is 290 g/mol. The second kappa shape index (κ2) is 5.38. The highest BCUT2D eigenvalue weighted by molar-refractivity contribution is 7.86. The number of piperidine rings is 1. The molecule has 0 aromatic rings. The van der Waals surface area contributed by atoms with Gasteiger partial charge in [-0.2, -0.15) is 17.0 Å². The van der Waals surface area contributed by atoms with Crippen molar-refractivity contribution in [3.05, 3.63) is 0 Å². The summed E-state index contributed by atoms with van der Waals surface area (Å²) in [6.45, 7) is 3.36. The molecule has 6 nitrogen and oxygen atoms in total. The van der Waals surface area contributed by atoms with E-state index in [2.05, 4.69) is 0 Å². The van der Waals surface area contributed by atoms with Crippen LogP contribution in [0.3, 0.4) is 0 Å². The van der Waals surface area contributed by atoms with Gasteiger partial charge in [0.05, 0.1) is 5.41 Å². The third-order valence-corrected chi connectivity index (χ3v) is 6.40. The average molecular weight is 290 g/mol. The molecule has 2 heterocycles. The summed E-state index contributed by atoms with van der Waals surface area (Å²) in [5.74, 6) is -0.883. The summed E-state index contributed by atoms with van der Waals surface area (Å²) < 4.78 is 27.8. The molecule has 1 atom stereocenters. The predicted octanol–water partition coefficient (Wildman–Crippen LogP) is 0.904. The fourth-order valence-electron chi connectivity index (χ4n) is 2.90. The minimum absolute atomic E-state index is 0.109. The zero-order valence-electron chi connectivity index (χ0n) is 11.3. The Hall–Kier alpha value is -0.660. The van der Waals surface area contributed by atoms with Gasteiger partial charge in [-0.3, -0.25) is 4.79 Å². The van der Waals surface area contributed by atoms with E-state index in [9.17, 15) is 18.3 Å². The lowest BCUT2D eigenvalue weighted by atomic mass is 9.85. The van der Waals surface area contributed by atoms with Crippen LogP contribution in [0.4, 0.5) is 0 Å². The molecule has 2 aliphatic rings. The number of aliphatic carboxylic acids is 1. The Bertz CT molecular complexity index is 445. The van der Waals surface area contributed by atoms with Crippen molar-refractivity contribution < 1.29 is 18.3 Å². The number of hydrogen-bond donors (Lipinski definition) is 1. The number of carboxylic acid groups (broad SMARTS) is 1. The summed E-state index contributed by atoms with van der Waals surface area (Å²) in [6, 6.07) is 0. The molecule has 0 aliphatic carbocycles. The Kier molecular flexibility index (Phi) is 4.17. The maximum atomic E-state index is 12.5. The van der Waals surface area contributed by atoms with Crippen molar-refractivity contribution in [2.75, 3.05) is 26.2 Å². The molecule has 2 rings (SSSR count). The van der Waals surface area contributed by atoms with Crippen molar-refractivity contribution in [3.8, 4) is 0 Å². The summed E-state index contributed by atoms with van der Waals surface area (Å²) in [7, 11) is -3.47. The first-order chi connectivity index (χ1) is 8.92. The van der Waals surface area contributed by atoms with E-state index in [4.69, 9.17) is 0 Å². The van der Waals surface area contributed by atoms with Crippen molar-refractivity contribution in [1.29, 1.82) is 0 Å². The van der Waals surface area contributed by atoms with E-state index in [0.29, 0.717) is 32.5 Å². The molecule has 2 aliphatic heterocycles. The van der Waals surface area contributed by atoms with E-state index in [1.54, 1.807) is 0 Å². The van der Waals surface area contributed by atoms with Crippen LogP contribution in [0.2, 0.25) is 0 Å². The smallest absolute Gasteiger partial charge is 0.311 e. The molecule has 0 amide bonds. The summed E-state index contributed by atoms with van der Waals surface area (Å²) in [6.07, 6.45) is 3.73. The molecule has 0 spiro atoms. The van der Waals surface area contributed by atoms with E-state index in [0.717, 1.165) is 19.3 Å². The van der Waals surface area contributed by atoms with E-state index >= 15 is 0 Å².